The lowest BCUT2D eigenvalue weighted by molar-refractivity contribution is -0.137. The van der Waals surface area contributed by atoms with Gasteiger partial charge in [0.2, 0.25) is 5.91 Å². The molecule has 0 unspecified atom stereocenters. The quantitative estimate of drug-likeness (QED) is 0.349. The maximum Gasteiger partial charge on any atom is 0.407 e. The van der Waals surface area contributed by atoms with Gasteiger partial charge in [-0.3, -0.25) is 9.59 Å². The molecule has 7 nitrogen and oxygen atoms in total. The molecule has 1 atom stereocenters. The minimum absolute atomic E-state index is 0.0726. The second-order valence-electron chi connectivity index (χ2n) is 10.1. The molecule has 8 heteroatoms. The van der Waals surface area contributed by atoms with E-state index in [1.807, 2.05) is 48.5 Å². The molecule has 0 radical (unpaired) electrons. The summed E-state index contributed by atoms with van der Waals surface area (Å²) in [6.45, 7) is 3.68. The van der Waals surface area contributed by atoms with Gasteiger partial charge in [0.15, 0.2) is 0 Å². The maximum absolute atomic E-state index is 13.2. The molecule has 0 fully saturated rings. The van der Waals surface area contributed by atoms with Gasteiger partial charge in [-0.05, 0) is 66.6 Å². The van der Waals surface area contributed by atoms with Crippen LogP contribution in [0.4, 0.5) is 9.18 Å². The fourth-order valence-electron chi connectivity index (χ4n) is 4.90. The van der Waals surface area contributed by atoms with E-state index in [1.165, 1.54) is 12.1 Å². The standard InChI is InChI=1S/C30H31FN2O5/c1-30(2,17-19-11-13-20(31)14-12-19)33-28(36)26(15-16-27(34)35)32-29(37)38-18-25-23-9-5-3-7-21(23)22-8-4-6-10-24(22)25/h3-14,25-26H,15-18H2,1-2H3,(H,32,37)(H,33,36)(H,34,35)/t26-/m0/s1. The second-order valence-corrected chi connectivity index (χ2v) is 10.1. The number of hydrogen-bond acceptors (Lipinski definition) is 4. The van der Waals surface area contributed by atoms with Crippen molar-refractivity contribution in [2.75, 3.05) is 6.61 Å². The number of halogens is 1. The van der Waals surface area contributed by atoms with Crippen molar-refractivity contribution in [3.8, 4) is 11.1 Å². The number of carboxylic acid groups (broad SMARTS) is 1. The molecule has 0 bridgehead atoms. The number of ether oxygens (including phenoxy) is 1. The number of fused-ring (bicyclic) bond motifs is 3. The van der Waals surface area contributed by atoms with Gasteiger partial charge in [-0.15, -0.1) is 0 Å². The van der Waals surface area contributed by atoms with Crippen molar-refractivity contribution in [1.82, 2.24) is 10.6 Å². The summed E-state index contributed by atoms with van der Waals surface area (Å²) in [5.41, 5.74) is 4.40. The van der Waals surface area contributed by atoms with E-state index in [0.29, 0.717) is 6.42 Å². The molecular weight excluding hydrogens is 487 g/mol. The van der Waals surface area contributed by atoms with Crippen molar-refractivity contribution in [3.05, 3.63) is 95.3 Å². The summed E-state index contributed by atoms with van der Waals surface area (Å²) in [5, 5.41) is 14.6. The van der Waals surface area contributed by atoms with Crippen molar-refractivity contribution < 1.29 is 28.6 Å². The van der Waals surface area contributed by atoms with Crippen molar-refractivity contribution in [2.24, 2.45) is 0 Å². The maximum atomic E-state index is 13.2. The zero-order valence-corrected chi connectivity index (χ0v) is 21.4. The van der Waals surface area contributed by atoms with Crippen molar-refractivity contribution >= 4 is 18.0 Å². The Morgan fingerprint density at radius 2 is 1.53 bits per heavy atom. The Morgan fingerprint density at radius 1 is 0.947 bits per heavy atom. The van der Waals surface area contributed by atoms with E-state index in [0.717, 1.165) is 27.8 Å². The van der Waals surface area contributed by atoms with Gasteiger partial charge < -0.3 is 20.5 Å². The number of benzene rings is 3. The molecule has 1 aliphatic rings. The van der Waals surface area contributed by atoms with Gasteiger partial charge in [-0.25, -0.2) is 9.18 Å². The molecule has 0 spiro atoms. The molecular formula is C30H31FN2O5. The molecule has 2 amide bonds. The summed E-state index contributed by atoms with van der Waals surface area (Å²) in [6.07, 6.45) is -0.790. The summed E-state index contributed by atoms with van der Waals surface area (Å²) in [7, 11) is 0. The number of rotatable bonds is 10. The first-order chi connectivity index (χ1) is 18.1. The minimum atomic E-state index is -1.10. The van der Waals surface area contributed by atoms with E-state index in [4.69, 9.17) is 9.84 Å². The number of aliphatic carboxylic acids is 1. The average molecular weight is 519 g/mol. The highest BCUT2D eigenvalue weighted by molar-refractivity contribution is 5.86. The third-order valence-corrected chi connectivity index (χ3v) is 6.62. The Kier molecular flexibility index (Phi) is 8.10. The zero-order chi connectivity index (χ0) is 27.3. The highest BCUT2D eigenvalue weighted by Crippen LogP contribution is 2.44. The Bertz CT molecular complexity index is 1280. The smallest absolute Gasteiger partial charge is 0.407 e. The van der Waals surface area contributed by atoms with Gasteiger partial charge >= 0.3 is 12.1 Å². The Balaban J connectivity index is 1.40. The molecule has 0 aliphatic heterocycles. The first kappa shape index (κ1) is 26.9. The van der Waals surface area contributed by atoms with Crippen molar-refractivity contribution in [1.29, 1.82) is 0 Å². The number of carbonyl (C=O) groups is 3. The molecule has 198 valence electrons. The van der Waals surface area contributed by atoms with Gasteiger partial charge in [0, 0.05) is 17.9 Å². The van der Waals surface area contributed by atoms with Crippen LogP contribution < -0.4 is 10.6 Å². The highest BCUT2D eigenvalue weighted by Gasteiger charge is 2.31. The highest BCUT2D eigenvalue weighted by atomic mass is 19.1. The summed E-state index contributed by atoms with van der Waals surface area (Å²) < 4.78 is 18.8. The Labute approximate surface area is 221 Å². The number of amides is 2. The van der Waals surface area contributed by atoms with Crippen LogP contribution in [0.5, 0.6) is 0 Å². The lowest BCUT2D eigenvalue weighted by atomic mass is 9.94. The third kappa shape index (κ3) is 6.56. The van der Waals surface area contributed by atoms with Crippen LogP contribution in [0.2, 0.25) is 0 Å². The largest absolute Gasteiger partial charge is 0.481 e. The Morgan fingerprint density at radius 3 is 2.11 bits per heavy atom. The Hall–Kier alpha value is -4.20. The van der Waals surface area contributed by atoms with Gasteiger partial charge in [0.25, 0.3) is 0 Å². The summed E-state index contributed by atoms with van der Waals surface area (Å²) in [6, 6.07) is 20.8. The number of carbonyl (C=O) groups excluding carboxylic acids is 2. The zero-order valence-electron chi connectivity index (χ0n) is 21.4. The second kappa shape index (κ2) is 11.5. The number of nitrogens with one attached hydrogen (secondary N) is 2. The van der Waals surface area contributed by atoms with Crippen LogP contribution in [-0.4, -0.2) is 41.3 Å². The molecule has 0 aromatic heterocycles. The number of hydrogen-bond donors (Lipinski definition) is 3. The van der Waals surface area contributed by atoms with Crippen molar-refractivity contribution in [3.63, 3.8) is 0 Å². The monoisotopic (exact) mass is 518 g/mol. The van der Waals surface area contributed by atoms with Crippen LogP contribution in [-0.2, 0) is 20.7 Å². The topological polar surface area (TPSA) is 105 Å². The molecule has 0 heterocycles. The van der Waals surface area contributed by atoms with Gasteiger partial charge in [0.1, 0.15) is 18.5 Å². The predicted octanol–water partition coefficient (Wildman–Crippen LogP) is 5.04. The number of alkyl carbamates (subject to hydrolysis) is 1. The molecule has 3 aromatic carbocycles. The normalized spacial score (nSPS) is 13.2. The van der Waals surface area contributed by atoms with Crippen LogP contribution in [0, 0.1) is 5.82 Å². The number of carboxylic acids is 1. The summed E-state index contributed by atoms with van der Waals surface area (Å²) in [5.74, 6) is -2.10. The van der Waals surface area contributed by atoms with E-state index in [-0.39, 0.29) is 31.2 Å². The first-order valence-corrected chi connectivity index (χ1v) is 12.5. The van der Waals surface area contributed by atoms with E-state index < -0.39 is 29.6 Å². The first-order valence-electron chi connectivity index (χ1n) is 12.5. The molecule has 0 saturated carbocycles. The van der Waals surface area contributed by atoms with Gasteiger partial charge in [-0.2, -0.15) is 0 Å². The van der Waals surface area contributed by atoms with Crippen LogP contribution in [0.1, 0.15) is 49.3 Å². The van der Waals surface area contributed by atoms with E-state index in [2.05, 4.69) is 10.6 Å². The van der Waals surface area contributed by atoms with Gasteiger partial charge in [-0.1, -0.05) is 60.7 Å². The lowest BCUT2D eigenvalue weighted by Crippen LogP contribution is -2.54. The van der Waals surface area contributed by atoms with Crippen LogP contribution in [0.25, 0.3) is 11.1 Å². The van der Waals surface area contributed by atoms with E-state index in [1.54, 1.807) is 26.0 Å². The van der Waals surface area contributed by atoms with Crippen molar-refractivity contribution in [2.45, 2.75) is 50.6 Å². The van der Waals surface area contributed by atoms with Crippen LogP contribution >= 0.6 is 0 Å². The summed E-state index contributed by atoms with van der Waals surface area (Å²) in [4.78, 5) is 37.1. The van der Waals surface area contributed by atoms with Gasteiger partial charge in [0.05, 0.1) is 0 Å². The van der Waals surface area contributed by atoms with E-state index >= 15 is 0 Å². The summed E-state index contributed by atoms with van der Waals surface area (Å²) >= 11 is 0. The molecule has 0 saturated heterocycles. The lowest BCUT2D eigenvalue weighted by Gasteiger charge is -2.29. The molecule has 3 N–H and O–H groups in total. The fraction of sp³-hybridized carbons (Fsp3) is 0.300. The minimum Gasteiger partial charge on any atom is -0.481 e. The molecule has 3 aromatic rings. The van der Waals surface area contributed by atoms with E-state index in [9.17, 15) is 18.8 Å². The predicted molar refractivity (Wildman–Crippen MR) is 141 cm³/mol. The molecule has 1 aliphatic carbocycles. The third-order valence-electron chi connectivity index (χ3n) is 6.62. The molecule has 4 rings (SSSR count). The average Bonchev–Trinajstić information content (AvgIpc) is 3.19. The van der Waals surface area contributed by atoms with Crippen LogP contribution in [0.3, 0.4) is 0 Å². The fourth-order valence-corrected chi connectivity index (χ4v) is 4.90. The molecule has 38 heavy (non-hydrogen) atoms. The van der Waals surface area contributed by atoms with Crippen LogP contribution in [0.15, 0.2) is 72.8 Å². The SMILES string of the molecule is CC(C)(Cc1ccc(F)cc1)NC(=O)[C@H](CCC(=O)O)NC(=O)OCC1c2ccccc2-c2ccccc21.